The largest absolute Gasteiger partial charge is 0.400 e. The Bertz CT molecular complexity index is 934. The second-order valence-electron chi connectivity index (χ2n) is 13.8. The summed E-state index contributed by atoms with van der Waals surface area (Å²) < 4.78 is 19.3. The van der Waals surface area contributed by atoms with Gasteiger partial charge >= 0.3 is 0 Å². The third-order valence-corrected chi connectivity index (χ3v) is 12.9. The van der Waals surface area contributed by atoms with Crippen molar-refractivity contribution in [1.29, 1.82) is 0 Å². The van der Waals surface area contributed by atoms with Gasteiger partial charge in [0.2, 0.25) is 6.41 Å². The molecule has 0 heterocycles. The molecule has 4 aliphatic rings. The maximum Gasteiger partial charge on any atom is 0.219 e. The Balaban J connectivity index is 0.000000339. The SMILES string of the molecule is CC[C@H]1CC2C3CC[C@H]([C@H](C)CCOC)C3(C)CC[C@@H]2C2(C)CCCCC12.CN(C=O)Sc1ccc(F)cc1.CO.CO. The van der Waals surface area contributed by atoms with Crippen LogP contribution in [0.3, 0.4) is 0 Å². The van der Waals surface area contributed by atoms with Crippen LogP contribution in [0.5, 0.6) is 0 Å². The molecule has 4 fully saturated rings. The minimum Gasteiger partial charge on any atom is -0.400 e. The number of hydrogen-bond acceptors (Lipinski definition) is 5. The normalized spacial score (nSPS) is 34.7. The van der Waals surface area contributed by atoms with Crippen molar-refractivity contribution >= 4 is 18.4 Å². The number of halogens is 1. The van der Waals surface area contributed by atoms with Crippen LogP contribution in [0.15, 0.2) is 29.2 Å². The summed E-state index contributed by atoms with van der Waals surface area (Å²) in [5.41, 5.74) is 1.29. The summed E-state index contributed by atoms with van der Waals surface area (Å²) in [6.45, 7) is 11.4. The molecular formula is C36H62FNO4S. The molecule has 0 radical (unpaired) electrons. The zero-order valence-corrected chi connectivity index (χ0v) is 29.2. The summed E-state index contributed by atoms with van der Waals surface area (Å²) in [4.78, 5) is 11.0. The predicted molar refractivity (Wildman–Crippen MR) is 177 cm³/mol. The minimum absolute atomic E-state index is 0.270. The van der Waals surface area contributed by atoms with Crippen molar-refractivity contribution in [3.05, 3.63) is 30.1 Å². The summed E-state index contributed by atoms with van der Waals surface area (Å²) in [6, 6.07) is 5.97. The van der Waals surface area contributed by atoms with E-state index in [2.05, 4.69) is 27.7 Å². The number of fused-ring (bicyclic) bond motifs is 5. The van der Waals surface area contributed by atoms with Gasteiger partial charge in [-0.1, -0.05) is 47.0 Å². The molecule has 7 heteroatoms. The lowest BCUT2D eigenvalue weighted by atomic mass is 9.42. The van der Waals surface area contributed by atoms with Crippen LogP contribution in [0.2, 0.25) is 0 Å². The molecule has 0 aliphatic heterocycles. The Hall–Kier alpha value is -1.15. The van der Waals surface area contributed by atoms with Crippen LogP contribution < -0.4 is 0 Å². The van der Waals surface area contributed by atoms with Gasteiger partial charge in [-0.3, -0.25) is 9.10 Å². The number of benzene rings is 1. The lowest BCUT2D eigenvalue weighted by molar-refractivity contribution is -0.138. The Kier molecular flexibility index (Phi) is 16.0. The highest BCUT2D eigenvalue weighted by atomic mass is 32.2. The standard InChI is InChI=1S/C26H46O.C8H8FNOS.2CH4O/c1-6-19-17-20-23-11-10-21(18(2)13-16-27-5)26(23,4)15-12-24(20)25(3)14-8-7-9-22(19)25;1-10(6-11)12-8-4-2-7(9)3-5-8;2*1-2/h18-24H,6-17H2,1-5H3;2-6H,1H3;2*2H,1H3/t18-,19+,20?,21-,22?,23?,24+,25?,26?;;;/m1.../s1. The van der Waals surface area contributed by atoms with Crippen LogP contribution in [0, 0.1) is 58.1 Å². The van der Waals surface area contributed by atoms with Crippen molar-refractivity contribution in [3.8, 4) is 0 Å². The van der Waals surface area contributed by atoms with E-state index in [-0.39, 0.29) is 5.82 Å². The van der Waals surface area contributed by atoms with Crippen molar-refractivity contribution in [3.63, 3.8) is 0 Å². The molecule has 0 saturated heterocycles. The minimum atomic E-state index is -0.270. The molecule has 1 aromatic rings. The first-order chi connectivity index (χ1) is 20.7. The van der Waals surface area contributed by atoms with Gasteiger partial charge in [-0.25, -0.2) is 4.39 Å². The van der Waals surface area contributed by atoms with Gasteiger partial charge in [0, 0.05) is 39.9 Å². The second kappa shape index (κ2) is 18.1. The highest BCUT2D eigenvalue weighted by Crippen LogP contribution is 2.69. The predicted octanol–water partition coefficient (Wildman–Crippen LogP) is 8.48. The summed E-state index contributed by atoms with van der Waals surface area (Å²) in [6.07, 6.45) is 17.1. The van der Waals surface area contributed by atoms with Crippen LogP contribution in [-0.4, -0.2) is 55.9 Å². The van der Waals surface area contributed by atoms with Gasteiger partial charge in [-0.05, 0) is 140 Å². The zero-order chi connectivity index (χ0) is 32.2. The monoisotopic (exact) mass is 623 g/mol. The first-order valence-corrected chi connectivity index (χ1v) is 17.4. The number of aliphatic hydroxyl groups is 2. The van der Waals surface area contributed by atoms with E-state index in [0.717, 1.165) is 67.1 Å². The molecule has 5 nitrogen and oxygen atoms in total. The molecule has 5 unspecified atom stereocenters. The molecule has 4 aliphatic carbocycles. The van der Waals surface area contributed by atoms with E-state index in [0.29, 0.717) is 17.2 Å². The van der Waals surface area contributed by atoms with Crippen molar-refractivity contribution in [2.45, 2.75) is 103 Å². The van der Waals surface area contributed by atoms with Crippen molar-refractivity contribution in [2.24, 2.45) is 52.3 Å². The van der Waals surface area contributed by atoms with E-state index < -0.39 is 0 Å². The average molecular weight is 624 g/mol. The fourth-order valence-electron chi connectivity index (χ4n) is 10.2. The van der Waals surface area contributed by atoms with Crippen LogP contribution in [0.1, 0.15) is 98.3 Å². The fourth-order valence-corrected chi connectivity index (χ4v) is 10.8. The van der Waals surface area contributed by atoms with Gasteiger partial charge in [-0.15, -0.1) is 0 Å². The molecule has 0 bridgehead atoms. The van der Waals surface area contributed by atoms with Gasteiger partial charge < -0.3 is 14.9 Å². The molecule has 248 valence electrons. The molecule has 43 heavy (non-hydrogen) atoms. The quantitative estimate of drug-likeness (QED) is 0.225. The highest BCUT2D eigenvalue weighted by molar-refractivity contribution is 7.97. The van der Waals surface area contributed by atoms with Crippen LogP contribution >= 0.6 is 11.9 Å². The number of ether oxygens (including phenoxy) is 1. The molecular weight excluding hydrogens is 561 g/mol. The lowest BCUT2D eigenvalue weighted by Crippen LogP contribution is -2.55. The number of amides is 1. The maximum absolute atomic E-state index is 12.4. The number of carbonyl (C=O) groups is 1. The summed E-state index contributed by atoms with van der Waals surface area (Å²) in [5, 5.41) is 14.0. The summed E-state index contributed by atoms with van der Waals surface area (Å²) >= 11 is 1.25. The van der Waals surface area contributed by atoms with E-state index in [1.54, 1.807) is 25.6 Å². The molecule has 1 aromatic carbocycles. The molecule has 1 amide bonds. The molecule has 2 N–H and O–H groups in total. The van der Waals surface area contributed by atoms with E-state index in [9.17, 15) is 9.18 Å². The fraction of sp³-hybridized carbons (Fsp3) is 0.806. The molecule has 0 spiro atoms. The molecule has 0 aromatic heterocycles. The Morgan fingerprint density at radius 1 is 1.00 bits per heavy atom. The number of methoxy groups -OCH3 is 1. The number of aliphatic hydroxyl groups excluding tert-OH is 2. The summed E-state index contributed by atoms with van der Waals surface area (Å²) in [5.74, 6) is 6.65. The third kappa shape index (κ3) is 8.77. The van der Waals surface area contributed by atoms with E-state index in [1.807, 2.05) is 7.11 Å². The molecule has 9 atom stereocenters. The number of hydrogen-bond donors (Lipinski definition) is 2. The van der Waals surface area contributed by atoms with Gasteiger partial charge in [0.1, 0.15) is 5.82 Å². The van der Waals surface area contributed by atoms with E-state index in [1.165, 1.54) is 92.6 Å². The van der Waals surface area contributed by atoms with Gasteiger partial charge in [-0.2, -0.15) is 0 Å². The number of carbonyl (C=O) groups excluding carboxylic acids is 1. The van der Waals surface area contributed by atoms with Crippen LogP contribution in [-0.2, 0) is 9.53 Å². The van der Waals surface area contributed by atoms with E-state index >= 15 is 0 Å². The third-order valence-electron chi connectivity index (χ3n) is 12.0. The first-order valence-electron chi connectivity index (χ1n) is 16.7. The van der Waals surface area contributed by atoms with Gasteiger partial charge in [0.25, 0.3) is 0 Å². The maximum atomic E-state index is 12.4. The lowest BCUT2D eigenvalue weighted by Gasteiger charge is -2.63. The molecule has 4 saturated carbocycles. The first kappa shape index (κ1) is 38.0. The van der Waals surface area contributed by atoms with Gasteiger partial charge in [0.15, 0.2) is 0 Å². The van der Waals surface area contributed by atoms with Crippen molar-refractivity contribution in [1.82, 2.24) is 4.31 Å². The van der Waals surface area contributed by atoms with Crippen LogP contribution in [0.4, 0.5) is 4.39 Å². The average Bonchev–Trinajstić information content (AvgIpc) is 3.40. The van der Waals surface area contributed by atoms with Crippen LogP contribution in [0.25, 0.3) is 0 Å². The number of rotatable bonds is 8. The van der Waals surface area contributed by atoms with Crippen molar-refractivity contribution < 1.29 is 24.1 Å². The Morgan fingerprint density at radius 2 is 1.65 bits per heavy atom. The van der Waals surface area contributed by atoms with E-state index in [4.69, 9.17) is 14.9 Å². The zero-order valence-electron chi connectivity index (χ0n) is 28.4. The topological polar surface area (TPSA) is 70.0 Å². The van der Waals surface area contributed by atoms with Crippen molar-refractivity contribution in [2.75, 3.05) is 35.0 Å². The number of nitrogens with zero attached hydrogens (tertiary/aromatic N) is 1. The Labute approximate surface area is 266 Å². The smallest absolute Gasteiger partial charge is 0.219 e. The summed E-state index contributed by atoms with van der Waals surface area (Å²) in [7, 11) is 5.51. The second-order valence-corrected chi connectivity index (χ2v) is 15.1. The van der Waals surface area contributed by atoms with Gasteiger partial charge in [0.05, 0.1) is 0 Å². The Morgan fingerprint density at radius 3 is 2.26 bits per heavy atom. The molecule has 5 rings (SSSR count). The highest BCUT2D eigenvalue weighted by Gasteiger charge is 2.61.